The largest absolute Gasteiger partial charge is 0.444 e. The van der Waals surface area contributed by atoms with Gasteiger partial charge in [-0.25, -0.2) is 4.79 Å². The fourth-order valence-corrected chi connectivity index (χ4v) is 1.57. The van der Waals surface area contributed by atoms with Gasteiger partial charge in [-0.1, -0.05) is 30.3 Å². The second kappa shape index (κ2) is 6.40. The van der Waals surface area contributed by atoms with E-state index in [2.05, 4.69) is 5.32 Å². The van der Waals surface area contributed by atoms with Crippen molar-refractivity contribution in [2.75, 3.05) is 6.54 Å². The molecule has 0 aliphatic carbocycles. The van der Waals surface area contributed by atoms with Crippen LogP contribution in [0.25, 0.3) is 0 Å². The summed E-state index contributed by atoms with van der Waals surface area (Å²) in [5.74, 6) is 0. The van der Waals surface area contributed by atoms with Crippen molar-refractivity contribution in [3.05, 3.63) is 35.9 Å². The highest BCUT2D eigenvalue weighted by Gasteiger charge is 2.18. The zero-order valence-electron chi connectivity index (χ0n) is 11.3. The minimum Gasteiger partial charge on any atom is -0.444 e. The lowest BCUT2D eigenvalue weighted by Crippen LogP contribution is -2.44. The van der Waals surface area contributed by atoms with Crippen LogP contribution >= 0.6 is 0 Å². The molecule has 0 bridgehead atoms. The molecule has 4 nitrogen and oxygen atoms in total. The normalized spacial score (nSPS) is 12.9. The quantitative estimate of drug-likeness (QED) is 0.860. The molecule has 0 aliphatic rings. The first kappa shape index (κ1) is 14.5. The predicted molar refractivity (Wildman–Crippen MR) is 72.4 cm³/mol. The summed E-state index contributed by atoms with van der Waals surface area (Å²) in [6.07, 6.45) is 0.283. The molecule has 0 aliphatic heterocycles. The van der Waals surface area contributed by atoms with Crippen LogP contribution in [0.2, 0.25) is 0 Å². The predicted octanol–water partition coefficient (Wildman–Crippen LogP) is 2.08. The first-order valence-corrected chi connectivity index (χ1v) is 6.14. The molecular formula is C14H22N2O2. The van der Waals surface area contributed by atoms with Crippen LogP contribution < -0.4 is 11.1 Å². The van der Waals surface area contributed by atoms with Gasteiger partial charge in [0.2, 0.25) is 0 Å². The van der Waals surface area contributed by atoms with Gasteiger partial charge in [0.05, 0.1) is 0 Å². The van der Waals surface area contributed by atoms with Crippen molar-refractivity contribution >= 4 is 6.09 Å². The van der Waals surface area contributed by atoms with E-state index in [1.54, 1.807) is 0 Å². The summed E-state index contributed by atoms with van der Waals surface area (Å²) in [5.41, 5.74) is 6.31. The Hall–Kier alpha value is -1.55. The number of ether oxygens (including phenoxy) is 1. The monoisotopic (exact) mass is 250 g/mol. The molecule has 1 aromatic carbocycles. The average Bonchev–Trinajstić information content (AvgIpc) is 2.27. The highest BCUT2D eigenvalue weighted by molar-refractivity contribution is 5.68. The molecule has 3 N–H and O–H groups in total. The molecule has 0 radical (unpaired) electrons. The van der Waals surface area contributed by atoms with Crippen LogP contribution in [0, 0.1) is 0 Å². The minimum atomic E-state index is -0.490. The molecule has 0 spiro atoms. The van der Waals surface area contributed by atoms with Gasteiger partial charge in [0, 0.05) is 12.6 Å². The van der Waals surface area contributed by atoms with Crippen LogP contribution in [-0.2, 0) is 11.2 Å². The van der Waals surface area contributed by atoms with Gasteiger partial charge in [-0.2, -0.15) is 0 Å². The molecule has 0 fully saturated rings. The van der Waals surface area contributed by atoms with E-state index in [1.807, 2.05) is 51.1 Å². The van der Waals surface area contributed by atoms with Crippen molar-refractivity contribution in [1.29, 1.82) is 0 Å². The SMILES string of the molecule is CC(C)(C)OC(=O)N[C@@H](CN)Cc1ccccc1. The molecule has 0 unspecified atom stereocenters. The number of benzene rings is 1. The van der Waals surface area contributed by atoms with Gasteiger partial charge >= 0.3 is 6.09 Å². The van der Waals surface area contributed by atoms with Crippen molar-refractivity contribution < 1.29 is 9.53 Å². The highest BCUT2D eigenvalue weighted by atomic mass is 16.6. The Morgan fingerprint density at radius 1 is 1.33 bits per heavy atom. The van der Waals surface area contributed by atoms with Crippen molar-refractivity contribution in [3.63, 3.8) is 0 Å². The molecule has 1 aromatic rings. The van der Waals surface area contributed by atoms with E-state index in [-0.39, 0.29) is 6.04 Å². The first-order valence-electron chi connectivity index (χ1n) is 6.14. The Bertz CT molecular complexity index is 371. The van der Waals surface area contributed by atoms with Crippen molar-refractivity contribution in [3.8, 4) is 0 Å². The maximum absolute atomic E-state index is 11.6. The fraction of sp³-hybridized carbons (Fsp3) is 0.500. The van der Waals surface area contributed by atoms with E-state index in [0.29, 0.717) is 13.0 Å². The van der Waals surface area contributed by atoms with Gasteiger partial charge in [-0.15, -0.1) is 0 Å². The van der Waals surface area contributed by atoms with Crippen LogP contribution in [0.5, 0.6) is 0 Å². The molecule has 0 heterocycles. The van der Waals surface area contributed by atoms with Gasteiger partial charge in [-0.05, 0) is 32.8 Å². The topological polar surface area (TPSA) is 64.3 Å². The van der Waals surface area contributed by atoms with Gasteiger partial charge in [0.15, 0.2) is 0 Å². The molecule has 1 rings (SSSR count). The molecule has 0 saturated carbocycles. The molecule has 1 amide bonds. The second-order valence-corrected chi connectivity index (χ2v) is 5.27. The van der Waals surface area contributed by atoms with Crippen LogP contribution in [0.4, 0.5) is 4.79 Å². The molecule has 18 heavy (non-hydrogen) atoms. The Balaban J connectivity index is 2.50. The lowest BCUT2D eigenvalue weighted by atomic mass is 10.1. The third-order valence-corrected chi connectivity index (χ3v) is 2.33. The van der Waals surface area contributed by atoms with E-state index in [4.69, 9.17) is 10.5 Å². The Kier molecular flexibility index (Phi) is 5.16. The number of carbonyl (C=O) groups excluding carboxylic acids is 1. The molecule has 0 aromatic heterocycles. The number of rotatable bonds is 4. The zero-order chi connectivity index (χ0) is 13.6. The van der Waals surface area contributed by atoms with Gasteiger partial charge < -0.3 is 15.8 Å². The lowest BCUT2D eigenvalue weighted by Gasteiger charge is -2.23. The van der Waals surface area contributed by atoms with Crippen molar-refractivity contribution in [2.24, 2.45) is 5.73 Å². The molecule has 100 valence electrons. The van der Waals surface area contributed by atoms with Gasteiger partial charge in [0.25, 0.3) is 0 Å². The molecule has 4 heteroatoms. The average molecular weight is 250 g/mol. The molecule has 1 atom stereocenters. The molecule has 0 saturated heterocycles. The number of carbonyl (C=O) groups is 1. The minimum absolute atomic E-state index is 0.109. The summed E-state index contributed by atoms with van der Waals surface area (Å²) in [5, 5.41) is 2.79. The van der Waals surface area contributed by atoms with Crippen molar-refractivity contribution in [1.82, 2.24) is 5.32 Å². The summed E-state index contributed by atoms with van der Waals surface area (Å²) in [6.45, 7) is 5.89. The number of hydrogen-bond donors (Lipinski definition) is 2. The lowest BCUT2D eigenvalue weighted by molar-refractivity contribution is 0.0506. The van der Waals surface area contributed by atoms with E-state index in [0.717, 1.165) is 5.56 Å². The highest BCUT2D eigenvalue weighted by Crippen LogP contribution is 2.08. The number of alkyl carbamates (subject to hydrolysis) is 1. The van der Waals surface area contributed by atoms with E-state index < -0.39 is 11.7 Å². The number of nitrogens with one attached hydrogen (secondary N) is 1. The van der Waals surface area contributed by atoms with Gasteiger partial charge in [0.1, 0.15) is 5.60 Å². The maximum atomic E-state index is 11.6. The maximum Gasteiger partial charge on any atom is 0.407 e. The Morgan fingerprint density at radius 2 is 1.94 bits per heavy atom. The van der Waals surface area contributed by atoms with Crippen LogP contribution in [0.15, 0.2) is 30.3 Å². The summed E-state index contributed by atoms with van der Waals surface area (Å²) in [6, 6.07) is 9.82. The van der Waals surface area contributed by atoms with E-state index in [9.17, 15) is 4.79 Å². The number of amides is 1. The number of hydrogen-bond acceptors (Lipinski definition) is 3. The van der Waals surface area contributed by atoms with E-state index in [1.165, 1.54) is 0 Å². The van der Waals surface area contributed by atoms with Crippen LogP contribution in [0.3, 0.4) is 0 Å². The Morgan fingerprint density at radius 3 is 2.44 bits per heavy atom. The zero-order valence-corrected chi connectivity index (χ0v) is 11.3. The first-order chi connectivity index (χ1) is 8.40. The van der Waals surface area contributed by atoms with E-state index >= 15 is 0 Å². The standard InChI is InChI=1S/C14H22N2O2/c1-14(2,3)18-13(17)16-12(10-15)9-11-7-5-4-6-8-11/h4-8,12H,9-10,15H2,1-3H3,(H,16,17)/t12-/m1/s1. The fourth-order valence-electron chi connectivity index (χ4n) is 1.57. The van der Waals surface area contributed by atoms with Crippen LogP contribution in [-0.4, -0.2) is 24.3 Å². The van der Waals surface area contributed by atoms with Crippen molar-refractivity contribution in [2.45, 2.75) is 38.8 Å². The smallest absolute Gasteiger partial charge is 0.407 e. The third kappa shape index (κ3) is 5.68. The third-order valence-electron chi connectivity index (χ3n) is 2.33. The molecular weight excluding hydrogens is 228 g/mol. The van der Waals surface area contributed by atoms with Crippen LogP contribution in [0.1, 0.15) is 26.3 Å². The Labute approximate surface area is 109 Å². The summed E-state index contributed by atoms with van der Waals surface area (Å²) in [7, 11) is 0. The number of nitrogens with two attached hydrogens (primary N) is 1. The summed E-state index contributed by atoms with van der Waals surface area (Å²) < 4.78 is 5.20. The second-order valence-electron chi connectivity index (χ2n) is 5.27. The summed E-state index contributed by atoms with van der Waals surface area (Å²) >= 11 is 0. The summed E-state index contributed by atoms with van der Waals surface area (Å²) in [4.78, 5) is 11.6. The van der Waals surface area contributed by atoms with Gasteiger partial charge in [-0.3, -0.25) is 0 Å².